The fourth-order valence-corrected chi connectivity index (χ4v) is 3.02. The Morgan fingerprint density at radius 1 is 1.33 bits per heavy atom. The van der Waals surface area contributed by atoms with Gasteiger partial charge in [-0.1, -0.05) is 26.7 Å². The van der Waals surface area contributed by atoms with Crippen LogP contribution < -0.4 is 0 Å². The zero-order valence-corrected chi connectivity index (χ0v) is 12.0. The van der Waals surface area contributed by atoms with Gasteiger partial charge in [0.1, 0.15) is 0 Å². The largest absolute Gasteiger partial charge is 0.481 e. The van der Waals surface area contributed by atoms with Gasteiger partial charge >= 0.3 is 5.97 Å². The molecule has 3 nitrogen and oxygen atoms in total. The van der Waals surface area contributed by atoms with E-state index in [1.165, 1.54) is 51.6 Å². The number of carboxylic acid groups (broad SMARTS) is 1. The molecule has 18 heavy (non-hydrogen) atoms. The third-order valence-electron chi connectivity index (χ3n) is 4.29. The molecule has 0 spiro atoms. The smallest absolute Gasteiger partial charge is 0.303 e. The van der Waals surface area contributed by atoms with Gasteiger partial charge in [0.15, 0.2) is 0 Å². The van der Waals surface area contributed by atoms with E-state index in [0.29, 0.717) is 12.3 Å². The Bertz CT molecular complexity index is 235. The fourth-order valence-electron chi connectivity index (χ4n) is 3.02. The topological polar surface area (TPSA) is 40.5 Å². The van der Waals surface area contributed by atoms with Crippen molar-refractivity contribution in [3.63, 3.8) is 0 Å². The highest BCUT2D eigenvalue weighted by molar-refractivity contribution is 5.66. The molecule has 3 heteroatoms. The molecule has 1 aliphatic rings. The van der Waals surface area contributed by atoms with Gasteiger partial charge in [0, 0.05) is 12.5 Å². The predicted octanol–water partition coefficient (Wildman–Crippen LogP) is 3.53. The van der Waals surface area contributed by atoms with Crippen LogP contribution in [0.1, 0.15) is 65.2 Å². The molecular formula is C15H29NO2. The molecule has 106 valence electrons. The summed E-state index contributed by atoms with van der Waals surface area (Å²) in [6.07, 6.45) is 8.79. The Labute approximate surface area is 112 Å². The molecule has 1 atom stereocenters. The molecule has 1 fully saturated rings. The number of carbonyl (C=O) groups is 1. The van der Waals surface area contributed by atoms with Crippen LogP contribution in [0.25, 0.3) is 0 Å². The minimum absolute atomic E-state index is 0.345. The van der Waals surface area contributed by atoms with E-state index in [1.807, 2.05) is 0 Å². The first-order valence-electron chi connectivity index (χ1n) is 7.63. The van der Waals surface area contributed by atoms with Gasteiger partial charge in [0.25, 0.3) is 0 Å². The van der Waals surface area contributed by atoms with E-state index in [9.17, 15) is 4.79 Å². The van der Waals surface area contributed by atoms with Crippen LogP contribution in [0, 0.1) is 5.92 Å². The molecule has 1 N–H and O–H groups in total. The molecule has 0 aromatic carbocycles. The fraction of sp³-hybridized carbons (Fsp3) is 0.933. The number of rotatable bonds is 8. The van der Waals surface area contributed by atoms with E-state index in [-0.39, 0.29) is 0 Å². The lowest BCUT2D eigenvalue weighted by molar-refractivity contribution is -0.137. The van der Waals surface area contributed by atoms with Crippen molar-refractivity contribution in [3.8, 4) is 0 Å². The van der Waals surface area contributed by atoms with E-state index in [1.54, 1.807) is 0 Å². The lowest BCUT2D eigenvalue weighted by Crippen LogP contribution is -2.41. The summed E-state index contributed by atoms with van der Waals surface area (Å²) in [4.78, 5) is 13.2. The van der Waals surface area contributed by atoms with Crippen LogP contribution in [0.4, 0.5) is 0 Å². The Morgan fingerprint density at radius 3 is 2.50 bits per heavy atom. The first kappa shape index (κ1) is 15.5. The second-order valence-corrected chi connectivity index (χ2v) is 5.62. The van der Waals surface area contributed by atoms with E-state index >= 15 is 0 Å². The van der Waals surface area contributed by atoms with Gasteiger partial charge in [-0.2, -0.15) is 0 Å². The summed E-state index contributed by atoms with van der Waals surface area (Å²) in [5.74, 6) is -0.00663. The van der Waals surface area contributed by atoms with Gasteiger partial charge in [0.2, 0.25) is 0 Å². The van der Waals surface area contributed by atoms with Crippen molar-refractivity contribution in [1.29, 1.82) is 0 Å². The molecule has 0 radical (unpaired) electrons. The monoisotopic (exact) mass is 255 g/mol. The second-order valence-electron chi connectivity index (χ2n) is 5.62. The first-order chi connectivity index (χ1) is 8.67. The number of unbranched alkanes of at least 4 members (excludes halogenated alkanes) is 1. The van der Waals surface area contributed by atoms with Crippen LogP contribution in [0.3, 0.4) is 0 Å². The molecule has 0 amide bonds. The van der Waals surface area contributed by atoms with Crippen LogP contribution in [0.5, 0.6) is 0 Å². The van der Waals surface area contributed by atoms with Gasteiger partial charge in [0.05, 0.1) is 0 Å². The van der Waals surface area contributed by atoms with Gasteiger partial charge in [-0.15, -0.1) is 0 Å². The van der Waals surface area contributed by atoms with Gasteiger partial charge in [-0.05, 0) is 51.1 Å². The molecule has 1 heterocycles. The normalized spacial score (nSPS) is 19.9. The number of hydrogen-bond acceptors (Lipinski definition) is 2. The Balaban J connectivity index is 2.26. The molecule has 1 rings (SSSR count). The van der Waals surface area contributed by atoms with Crippen molar-refractivity contribution in [1.82, 2.24) is 4.90 Å². The molecule has 0 saturated carbocycles. The highest BCUT2D eigenvalue weighted by Gasteiger charge is 2.23. The maximum absolute atomic E-state index is 10.6. The molecule has 0 aromatic rings. The zero-order valence-electron chi connectivity index (χ0n) is 12.0. The van der Waals surface area contributed by atoms with Crippen LogP contribution >= 0.6 is 0 Å². The third-order valence-corrected chi connectivity index (χ3v) is 4.29. The SMILES string of the molecule is CCCCC(CC)N1CCC(CCC(=O)O)CC1. The molecule has 1 saturated heterocycles. The summed E-state index contributed by atoms with van der Waals surface area (Å²) >= 11 is 0. The van der Waals surface area contributed by atoms with E-state index in [0.717, 1.165) is 12.5 Å². The average Bonchev–Trinajstić information content (AvgIpc) is 2.38. The Hall–Kier alpha value is -0.570. The summed E-state index contributed by atoms with van der Waals surface area (Å²) in [7, 11) is 0. The van der Waals surface area contributed by atoms with E-state index in [4.69, 9.17) is 5.11 Å². The highest BCUT2D eigenvalue weighted by Crippen LogP contribution is 2.25. The number of piperidine rings is 1. The van der Waals surface area contributed by atoms with Crippen LogP contribution in [0.15, 0.2) is 0 Å². The van der Waals surface area contributed by atoms with Crippen LogP contribution in [-0.2, 0) is 4.79 Å². The van der Waals surface area contributed by atoms with Gasteiger partial charge in [-0.3, -0.25) is 4.79 Å². The van der Waals surface area contributed by atoms with Crippen LogP contribution in [0.2, 0.25) is 0 Å². The first-order valence-corrected chi connectivity index (χ1v) is 7.63. The summed E-state index contributed by atoms with van der Waals surface area (Å²) in [6.45, 7) is 6.89. The van der Waals surface area contributed by atoms with Crippen LogP contribution in [-0.4, -0.2) is 35.1 Å². The summed E-state index contributed by atoms with van der Waals surface area (Å²) in [6, 6.07) is 0.755. The van der Waals surface area contributed by atoms with Crippen molar-refractivity contribution in [2.24, 2.45) is 5.92 Å². The average molecular weight is 255 g/mol. The summed E-state index contributed by atoms with van der Waals surface area (Å²) in [5.41, 5.74) is 0. The number of nitrogens with zero attached hydrogens (tertiary/aromatic N) is 1. The molecule has 1 aliphatic heterocycles. The minimum Gasteiger partial charge on any atom is -0.481 e. The summed E-state index contributed by atoms with van der Waals surface area (Å²) < 4.78 is 0. The van der Waals surface area contributed by atoms with E-state index < -0.39 is 5.97 Å². The predicted molar refractivity (Wildman–Crippen MR) is 74.8 cm³/mol. The minimum atomic E-state index is -0.646. The third kappa shape index (κ3) is 5.38. The number of hydrogen-bond donors (Lipinski definition) is 1. The highest BCUT2D eigenvalue weighted by atomic mass is 16.4. The molecule has 0 aliphatic carbocycles. The van der Waals surface area contributed by atoms with Crippen molar-refractivity contribution in [2.75, 3.05) is 13.1 Å². The summed E-state index contributed by atoms with van der Waals surface area (Å²) in [5, 5.41) is 8.71. The quantitative estimate of drug-likeness (QED) is 0.721. The van der Waals surface area contributed by atoms with Crippen molar-refractivity contribution in [3.05, 3.63) is 0 Å². The molecule has 0 aromatic heterocycles. The maximum Gasteiger partial charge on any atom is 0.303 e. The van der Waals surface area contributed by atoms with Gasteiger partial charge in [-0.25, -0.2) is 0 Å². The number of carboxylic acids is 1. The standard InChI is InChI=1S/C15H29NO2/c1-3-5-6-14(4-2)16-11-9-13(10-12-16)7-8-15(17)18/h13-14H,3-12H2,1-2H3,(H,17,18). The van der Waals surface area contributed by atoms with Crippen molar-refractivity contribution < 1.29 is 9.90 Å². The number of likely N-dealkylation sites (tertiary alicyclic amines) is 1. The second kappa shape index (κ2) is 8.52. The lowest BCUT2D eigenvalue weighted by atomic mass is 9.90. The van der Waals surface area contributed by atoms with Crippen molar-refractivity contribution in [2.45, 2.75) is 71.3 Å². The van der Waals surface area contributed by atoms with Crippen molar-refractivity contribution >= 4 is 5.97 Å². The Kier molecular flexibility index (Phi) is 7.33. The molecule has 0 bridgehead atoms. The van der Waals surface area contributed by atoms with E-state index in [2.05, 4.69) is 18.7 Å². The Morgan fingerprint density at radius 2 is 2.00 bits per heavy atom. The molecular weight excluding hydrogens is 226 g/mol. The number of aliphatic carboxylic acids is 1. The molecule has 1 unspecified atom stereocenters. The van der Waals surface area contributed by atoms with Gasteiger partial charge < -0.3 is 10.0 Å². The maximum atomic E-state index is 10.6. The zero-order chi connectivity index (χ0) is 13.4. The lowest BCUT2D eigenvalue weighted by Gasteiger charge is -2.37.